The minimum Gasteiger partial charge on any atom is -1.00 e. The number of imidazole rings is 1. The Labute approximate surface area is 202 Å². The summed E-state index contributed by atoms with van der Waals surface area (Å²) >= 11 is 3.48. The van der Waals surface area contributed by atoms with E-state index in [1.807, 2.05) is 36.4 Å². The van der Waals surface area contributed by atoms with Crippen LogP contribution in [0.2, 0.25) is 0 Å². The van der Waals surface area contributed by atoms with Gasteiger partial charge < -0.3 is 27.0 Å². The van der Waals surface area contributed by atoms with Gasteiger partial charge in [-0.3, -0.25) is 4.79 Å². The summed E-state index contributed by atoms with van der Waals surface area (Å²) in [4.78, 5) is 12.9. The van der Waals surface area contributed by atoms with Crippen molar-refractivity contribution in [2.24, 2.45) is 0 Å². The molecule has 0 fully saturated rings. The normalized spacial score (nSPS) is 13.0. The number of carbonyl (C=O) groups excluding carboxylic acids is 1. The SMILES string of the molecule is COc1ccc(C(=O)C[n+]2cc(CNc3ccc(Br)cc3)n3c2CCCCC3)cc1.[Br-]. The number of nitrogens with zero attached hydrogens (tertiary/aromatic N) is 2. The van der Waals surface area contributed by atoms with Crippen LogP contribution in [0.25, 0.3) is 0 Å². The van der Waals surface area contributed by atoms with Gasteiger partial charge in [-0.25, -0.2) is 9.13 Å². The summed E-state index contributed by atoms with van der Waals surface area (Å²) in [7, 11) is 1.63. The highest BCUT2D eigenvalue weighted by atomic mass is 79.9. The van der Waals surface area contributed by atoms with Crippen molar-refractivity contribution in [2.45, 2.75) is 45.3 Å². The molecule has 2 aromatic carbocycles. The van der Waals surface area contributed by atoms with Crippen molar-refractivity contribution < 1.29 is 31.1 Å². The highest BCUT2D eigenvalue weighted by Crippen LogP contribution is 2.19. The number of hydrogen-bond acceptors (Lipinski definition) is 3. The molecule has 7 heteroatoms. The third kappa shape index (κ3) is 5.77. The van der Waals surface area contributed by atoms with Crippen LogP contribution in [-0.4, -0.2) is 17.5 Å². The van der Waals surface area contributed by atoms with E-state index in [-0.39, 0.29) is 22.8 Å². The first-order valence-electron chi connectivity index (χ1n) is 10.4. The summed E-state index contributed by atoms with van der Waals surface area (Å²) in [5.74, 6) is 2.13. The number of rotatable bonds is 7. The van der Waals surface area contributed by atoms with Crippen LogP contribution >= 0.6 is 15.9 Å². The molecule has 0 unspecified atom stereocenters. The smallest absolute Gasteiger partial charge is 0.257 e. The Bertz CT molecular complexity index is 1010. The lowest BCUT2D eigenvalue weighted by molar-refractivity contribution is -0.690. The number of Topliss-reactive ketones (excluding diaryl/α,β-unsaturated/α-hetero) is 1. The molecule has 4 rings (SSSR count). The van der Waals surface area contributed by atoms with Gasteiger partial charge in [-0.05, 0) is 67.8 Å². The zero-order valence-corrected chi connectivity index (χ0v) is 20.8. The number of halogens is 2. The number of benzene rings is 2. The minimum atomic E-state index is 0. The van der Waals surface area contributed by atoms with Gasteiger partial charge in [0.15, 0.2) is 12.2 Å². The highest BCUT2D eigenvalue weighted by Gasteiger charge is 2.26. The fourth-order valence-corrected chi connectivity index (χ4v) is 4.25. The van der Waals surface area contributed by atoms with E-state index in [0.29, 0.717) is 12.1 Å². The zero-order valence-electron chi connectivity index (χ0n) is 17.6. The Morgan fingerprint density at radius 2 is 1.84 bits per heavy atom. The van der Waals surface area contributed by atoms with Crippen molar-refractivity contribution in [1.82, 2.24) is 4.57 Å². The molecule has 0 atom stereocenters. The number of ether oxygens (including phenoxy) is 1. The first kappa shape index (κ1) is 23.5. The molecule has 164 valence electrons. The molecule has 1 aliphatic rings. The zero-order chi connectivity index (χ0) is 20.9. The van der Waals surface area contributed by atoms with Crippen LogP contribution in [0, 0.1) is 0 Å². The Hall–Kier alpha value is -2.12. The summed E-state index contributed by atoms with van der Waals surface area (Å²) in [6.07, 6.45) is 6.73. The third-order valence-corrected chi connectivity index (χ3v) is 6.15. The van der Waals surface area contributed by atoms with Crippen LogP contribution in [0.1, 0.15) is 41.1 Å². The van der Waals surface area contributed by atoms with Gasteiger partial charge in [0.25, 0.3) is 5.82 Å². The number of fused-ring (bicyclic) bond motifs is 1. The van der Waals surface area contributed by atoms with Gasteiger partial charge in [-0.2, -0.15) is 0 Å². The second-order valence-electron chi connectivity index (χ2n) is 7.64. The van der Waals surface area contributed by atoms with E-state index in [4.69, 9.17) is 4.74 Å². The molecular weight excluding hydrogens is 522 g/mol. The van der Waals surface area contributed by atoms with Crippen LogP contribution < -0.4 is 31.6 Å². The molecule has 3 aromatic rings. The molecule has 0 saturated heterocycles. The van der Waals surface area contributed by atoms with E-state index in [2.05, 4.69) is 48.7 Å². The number of aromatic nitrogens is 2. The molecule has 5 nitrogen and oxygen atoms in total. The van der Waals surface area contributed by atoms with E-state index >= 15 is 0 Å². The Morgan fingerprint density at radius 3 is 2.55 bits per heavy atom. The van der Waals surface area contributed by atoms with Crippen LogP contribution in [0.3, 0.4) is 0 Å². The molecule has 0 spiro atoms. The maximum atomic E-state index is 12.9. The molecule has 0 aliphatic carbocycles. The van der Waals surface area contributed by atoms with Gasteiger partial charge >= 0.3 is 0 Å². The first-order valence-corrected chi connectivity index (χ1v) is 11.2. The predicted octanol–water partition coefficient (Wildman–Crippen LogP) is 1.77. The summed E-state index contributed by atoms with van der Waals surface area (Å²) in [6, 6.07) is 15.6. The van der Waals surface area contributed by atoms with Gasteiger partial charge in [0.1, 0.15) is 11.9 Å². The standard InChI is InChI=1S/C24H27BrN3O2.BrH/c1-30-22-12-6-18(7-13-22)23(29)17-27-16-21(28-14-4-2-3-5-24(27)28)15-26-20-10-8-19(25)9-11-20;/h6-13,16,26H,2-5,14-15,17H2,1H3;1H/q+1;/p-1. The summed E-state index contributed by atoms with van der Waals surface area (Å²) in [6.45, 7) is 2.11. The van der Waals surface area contributed by atoms with Gasteiger partial charge in [-0.15, -0.1) is 0 Å². The molecule has 31 heavy (non-hydrogen) atoms. The largest absolute Gasteiger partial charge is 1.00 e. The average molecular weight is 549 g/mol. The maximum Gasteiger partial charge on any atom is 0.257 e. The minimum absolute atomic E-state index is 0. The Balaban J connectivity index is 0.00000272. The summed E-state index contributed by atoms with van der Waals surface area (Å²) < 4.78 is 10.8. The van der Waals surface area contributed by atoms with Crippen molar-refractivity contribution in [2.75, 3.05) is 12.4 Å². The monoisotopic (exact) mass is 547 g/mol. The number of anilines is 1. The van der Waals surface area contributed by atoms with E-state index < -0.39 is 0 Å². The number of nitrogens with one attached hydrogen (secondary N) is 1. The van der Waals surface area contributed by atoms with Gasteiger partial charge in [0, 0.05) is 22.1 Å². The van der Waals surface area contributed by atoms with Crippen LogP contribution in [0.15, 0.2) is 59.2 Å². The van der Waals surface area contributed by atoms with Gasteiger partial charge in [-0.1, -0.05) is 15.9 Å². The molecule has 0 radical (unpaired) electrons. The molecule has 1 aliphatic heterocycles. The number of carbonyl (C=O) groups is 1. The van der Waals surface area contributed by atoms with Crippen molar-refractivity contribution in [3.05, 3.63) is 76.3 Å². The Morgan fingerprint density at radius 1 is 1.10 bits per heavy atom. The van der Waals surface area contributed by atoms with Crippen molar-refractivity contribution >= 4 is 27.4 Å². The van der Waals surface area contributed by atoms with Crippen molar-refractivity contribution in [1.29, 1.82) is 0 Å². The van der Waals surface area contributed by atoms with Gasteiger partial charge in [0.05, 0.1) is 20.2 Å². The van der Waals surface area contributed by atoms with Crippen molar-refractivity contribution in [3.8, 4) is 5.75 Å². The fourth-order valence-electron chi connectivity index (χ4n) is 3.99. The summed E-state index contributed by atoms with van der Waals surface area (Å²) in [5.41, 5.74) is 3.02. The van der Waals surface area contributed by atoms with Crippen LogP contribution in [0.4, 0.5) is 5.69 Å². The number of methoxy groups -OCH3 is 1. The molecule has 1 aromatic heterocycles. The fraction of sp³-hybridized carbons (Fsp3) is 0.333. The molecule has 0 amide bonds. The van der Waals surface area contributed by atoms with Gasteiger partial charge in [0.2, 0.25) is 5.78 Å². The molecule has 0 bridgehead atoms. The lowest BCUT2D eigenvalue weighted by Gasteiger charge is -2.06. The Kier molecular flexibility index (Phi) is 8.32. The highest BCUT2D eigenvalue weighted by molar-refractivity contribution is 9.10. The van der Waals surface area contributed by atoms with Crippen LogP contribution in [0.5, 0.6) is 5.75 Å². The molecule has 2 heterocycles. The lowest BCUT2D eigenvalue weighted by Crippen LogP contribution is -3.00. The second kappa shape index (κ2) is 11.0. The van der Waals surface area contributed by atoms with E-state index in [1.54, 1.807) is 7.11 Å². The van der Waals surface area contributed by atoms with Crippen molar-refractivity contribution in [3.63, 3.8) is 0 Å². The maximum absolute atomic E-state index is 12.9. The quantitative estimate of drug-likeness (QED) is 0.361. The van der Waals surface area contributed by atoms with E-state index in [0.717, 1.165) is 35.4 Å². The average Bonchev–Trinajstić information content (AvgIpc) is 2.93. The van der Waals surface area contributed by atoms with E-state index in [1.165, 1.54) is 30.8 Å². The van der Waals surface area contributed by atoms with Crippen LogP contribution in [-0.2, 0) is 26.1 Å². The van der Waals surface area contributed by atoms with E-state index in [9.17, 15) is 4.79 Å². The molecule has 1 N–H and O–H groups in total. The summed E-state index contributed by atoms with van der Waals surface area (Å²) in [5, 5.41) is 3.52. The number of hydrogen-bond donors (Lipinski definition) is 1. The number of ketones is 1. The topological polar surface area (TPSA) is 47.1 Å². The predicted molar refractivity (Wildman–Crippen MR) is 121 cm³/mol. The molecule has 0 saturated carbocycles. The first-order chi connectivity index (χ1) is 14.6. The second-order valence-corrected chi connectivity index (χ2v) is 8.55. The third-order valence-electron chi connectivity index (χ3n) is 5.62. The molecular formula is C24H27Br2N3O2. The lowest BCUT2D eigenvalue weighted by atomic mass is 10.1.